The van der Waals surface area contributed by atoms with E-state index in [4.69, 9.17) is 39.2 Å². The molecule has 118 valence electrons. The molecule has 0 fully saturated rings. The van der Waals surface area contributed by atoms with Crippen molar-refractivity contribution in [1.29, 1.82) is 0 Å². The molecule has 0 bridgehead atoms. The first kappa shape index (κ1) is 16.4. The molecule has 1 N–H and O–H groups in total. The average molecular weight is 367 g/mol. The van der Waals surface area contributed by atoms with Gasteiger partial charge in [-0.05, 0) is 48.0 Å². The van der Waals surface area contributed by atoms with E-state index in [-0.39, 0.29) is 0 Å². The topological polar surface area (TPSA) is 25.2 Å². The van der Waals surface area contributed by atoms with E-state index in [1.807, 2.05) is 42.5 Å². The lowest BCUT2D eigenvalue weighted by atomic mass is 10.2. The van der Waals surface area contributed by atoms with E-state index in [0.717, 1.165) is 28.7 Å². The summed E-state index contributed by atoms with van der Waals surface area (Å²) in [6, 6.07) is 17.0. The molecule has 5 heteroatoms. The van der Waals surface area contributed by atoms with E-state index < -0.39 is 0 Å². The second-order valence-electron chi connectivity index (χ2n) is 5.12. The summed E-state index contributed by atoms with van der Waals surface area (Å²) in [5, 5.41) is 5.26. The first-order valence-electron chi connectivity index (χ1n) is 7.11. The fourth-order valence-corrected chi connectivity index (χ4v) is 2.87. The van der Waals surface area contributed by atoms with E-state index in [9.17, 15) is 0 Å². The van der Waals surface area contributed by atoms with Crippen molar-refractivity contribution in [2.75, 3.05) is 0 Å². The predicted molar refractivity (Wildman–Crippen MR) is 96.2 cm³/mol. The van der Waals surface area contributed by atoms with E-state index >= 15 is 0 Å². The van der Waals surface area contributed by atoms with Crippen LogP contribution in [0.25, 0.3) is 11.3 Å². The Bertz CT molecular complexity index is 796. The molecule has 0 aliphatic rings. The number of halogens is 3. The average Bonchev–Trinajstić information content (AvgIpc) is 2.98. The normalized spacial score (nSPS) is 10.9. The standard InChI is InChI=1S/C18H14Cl3NO/c19-13-3-1-12(2-4-13)10-22-11-15-6-8-18(23-15)16-7-5-14(20)9-17(16)21/h1-9,22H,10-11H2. The maximum absolute atomic E-state index is 6.20. The Morgan fingerprint density at radius 3 is 2.26 bits per heavy atom. The minimum atomic E-state index is 0.576. The summed E-state index contributed by atoms with van der Waals surface area (Å²) in [4.78, 5) is 0. The highest BCUT2D eigenvalue weighted by Crippen LogP contribution is 2.31. The number of furan rings is 1. The molecule has 2 nitrogen and oxygen atoms in total. The van der Waals surface area contributed by atoms with Gasteiger partial charge in [-0.25, -0.2) is 0 Å². The van der Waals surface area contributed by atoms with E-state index in [2.05, 4.69) is 5.32 Å². The van der Waals surface area contributed by atoms with Crippen molar-refractivity contribution in [3.05, 3.63) is 81.0 Å². The Labute approximate surface area is 150 Å². The summed E-state index contributed by atoms with van der Waals surface area (Å²) < 4.78 is 5.84. The van der Waals surface area contributed by atoms with Crippen LogP contribution in [0, 0.1) is 0 Å². The number of nitrogens with one attached hydrogen (secondary N) is 1. The molecule has 0 aliphatic heterocycles. The maximum atomic E-state index is 6.20. The van der Waals surface area contributed by atoms with Crippen LogP contribution in [0.5, 0.6) is 0 Å². The Balaban J connectivity index is 1.62. The fourth-order valence-electron chi connectivity index (χ4n) is 2.24. The lowest BCUT2D eigenvalue weighted by Gasteiger charge is -2.04. The lowest BCUT2D eigenvalue weighted by molar-refractivity contribution is 0.493. The highest BCUT2D eigenvalue weighted by molar-refractivity contribution is 6.36. The van der Waals surface area contributed by atoms with Gasteiger partial charge in [0.05, 0.1) is 11.6 Å². The van der Waals surface area contributed by atoms with Gasteiger partial charge in [-0.15, -0.1) is 0 Å². The second-order valence-corrected chi connectivity index (χ2v) is 6.40. The van der Waals surface area contributed by atoms with Crippen molar-refractivity contribution in [2.45, 2.75) is 13.1 Å². The molecule has 0 radical (unpaired) electrons. The SMILES string of the molecule is Clc1ccc(CNCc2ccc(-c3ccc(Cl)cc3Cl)o2)cc1. The van der Waals surface area contributed by atoms with Crippen LogP contribution in [0.2, 0.25) is 15.1 Å². The third-order valence-corrected chi connectivity index (χ3v) is 4.20. The van der Waals surface area contributed by atoms with Crippen molar-refractivity contribution in [3.63, 3.8) is 0 Å². The third-order valence-electron chi connectivity index (χ3n) is 3.40. The van der Waals surface area contributed by atoms with Gasteiger partial charge in [0.25, 0.3) is 0 Å². The van der Waals surface area contributed by atoms with Gasteiger partial charge in [-0.2, -0.15) is 0 Å². The molecule has 1 aromatic heterocycles. The summed E-state index contributed by atoms with van der Waals surface area (Å²) >= 11 is 18.0. The van der Waals surface area contributed by atoms with Crippen molar-refractivity contribution >= 4 is 34.8 Å². The van der Waals surface area contributed by atoms with Crippen LogP contribution in [0.3, 0.4) is 0 Å². The summed E-state index contributed by atoms with van der Waals surface area (Å²) in [5.74, 6) is 1.58. The Morgan fingerprint density at radius 2 is 1.52 bits per heavy atom. The number of hydrogen-bond acceptors (Lipinski definition) is 2. The first-order valence-corrected chi connectivity index (χ1v) is 8.24. The summed E-state index contributed by atoms with van der Waals surface area (Å²) in [7, 11) is 0. The van der Waals surface area contributed by atoms with E-state index in [1.54, 1.807) is 12.1 Å². The van der Waals surface area contributed by atoms with Crippen molar-refractivity contribution in [1.82, 2.24) is 5.32 Å². The molecule has 0 saturated carbocycles. The quantitative estimate of drug-likeness (QED) is 0.582. The molecule has 1 heterocycles. The Kier molecular flexibility index (Phi) is 5.29. The largest absolute Gasteiger partial charge is 0.460 e. The smallest absolute Gasteiger partial charge is 0.135 e. The lowest BCUT2D eigenvalue weighted by Crippen LogP contribution is -2.11. The zero-order valence-electron chi connectivity index (χ0n) is 12.2. The van der Waals surface area contributed by atoms with E-state index in [0.29, 0.717) is 16.6 Å². The molecular formula is C18H14Cl3NO. The molecule has 0 saturated heterocycles. The van der Waals surface area contributed by atoms with Gasteiger partial charge in [0.15, 0.2) is 0 Å². The van der Waals surface area contributed by atoms with Gasteiger partial charge in [-0.1, -0.05) is 46.9 Å². The minimum Gasteiger partial charge on any atom is -0.460 e. The predicted octanol–water partition coefficient (Wildman–Crippen LogP) is 6.20. The minimum absolute atomic E-state index is 0.576. The van der Waals surface area contributed by atoms with Crippen LogP contribution >= 0.6 is 34.8 Å². The zero-order chi connectivity index (χ0) is 16.2. The molecule has 0 atom stereocenters. The third kappa shape index (κ3) is 4.30. The molecule has 0 aliphatic carbocycles. The fraction of sp³-hybridized carbons (Fsp3) is 0.111. The zero-order valence-corrected chi connectivity index (χ0v) is 14.4. The van der Waals surface area contributed by atoms with Gasteiger partial charge in [0.1, 0.15) is 11.5 Å². The number of rotatable bonds is 5. The van der Waals surface area contributed by atoms with Crippen molar-refractivity contribution in [2.24, 2.45) is 0 Å². The molecule has 23 heavy (non-hydrogen) atoms. The van der Waals surface area contributed by atoms with Crippen molar-refractivity contribution < 1.29 is 4.42 Å². The Hall–Kier alpha value is -1.45. The molecule has 3 rings (SSSR count). The van der Waals surface area contributed by atoms with Crippen LogP contribution in [0.1, 0.15) is 11.3 Å². The van der Waals surface area contributed by atoms with Gasteiger partial charge >= 0.3 is 0 Å². The van der Waals surface area contributed by atoms with Gasteiger partial charge in [0, 0.05) is 22.2 Å². The van der Waals surface area contributed by atoms with E-state index in [1.165, 1.54) is 5.56 Å². The summed E-state index contributed by atoms with van der Waals surface area (Å²) in [6.45, 7) is 1.38. The van der Waals surface area contributed by atoms with Crippen LogP contribution in [0.15, 0.2) is 59.0 Å². The Morgan fingerprint density at radius 1 is 0.783 bits per heavy atom. The monoisotopic (exact) mass is 365 g/mol. The molecule has 0 spiro atoms. The van der Waals surface area contributed by atoms with Crippen LogP contribution < -0.4 is 5.32 Å². The molecule has 0 unspecified atom stereocenters. The molecule has 0 amide bonds. The van der Waals surface area contributed by atoms with Gasteiger partial charge < -0.3 is 9.73 Å². The number of hydrogen-bond donors (Lipinski definition) is 1. The highest BCUT2D eigenvalue weighted by Gasteiger charge is 2.09. The van der Waals surface area contributed by atoms with Crippen molar-refractivity contribution in [3.8, 4) is 11.3 Å². The summed E-state index contributed by atoms with van der Waals surface area (Å²) in [5.41, 5.74) is 2.00. The maximum Gasteiger partial charge on any atom is 0.135 e. The number of benzene rings is 2. The molecule has 3 aromatic rings. The molecule has 2 aromatic carbocycles. The highest BCUT2D eigenvalue weighted by atomic mass is 35.5. The first-order chi connectivity index (χ1) is 11.1. The van der Waals surface area contributed by atoms with Crippen LogP contribution in [-0.4, -0.2) is 0 Å². The van der Waals surface area contributed by atoms with Crippen LogP contribution in [-0.2, 0) is 13.1 Å². The second kappa shape index (κ2) is 7.41. The van der Waals surface area contributed by atoms with Gasteiger partial charge in [-0.3, -0.25) is 0 Å². The summed E-state index contributed by atoms with van der Waals surface area (Å²) in [6.07, 6.45) is 0. The molecular weight excluding hydrogens is 353 g/mol. The van der Waals surface area contributed by atoms with Crippen LogP contribution in [0.4, 0.5) is 0 Å². The van der Waals surface area contributed by atoms with Gasteiger partial charge in [0.2, 0.25) is 0 Å².